The summed E-state index contributed by atoms with van der Waals surface area (Å²) >= 11 is 0. The summed E-state index contributed by atoms with van der Waals surface area (Å²) in [4.78, 5) is 0. The molecule has 0 aromatic rings. The minimum atomic E-state index is 0.174. The van der Waals surface area contributed by atoms with Crippen molar-refractivity contribution in [2.24, 2.45) is 22.7 Å². The van der Waals surface area contributed by atoms with Crippen LogP contribution in [0.1, 0.15) is 145 Å². The molecule has 298 valence electrons. The summed E-state index contributed by atoms with van der Waals surface area (Å²) in [6.07, 6.45) is 23.4. The molecular weight excluding hydrogens is 713 g/mol. The zero-order chi connectivity index (χ0) is 43.5. The second kappa shape index (κ2) is 23.2. The highest BCUT2D eigenvalue weighted by molar-refractivity contribution is 5.52. The smallest absolute Gasteiger partial charge is 0.133 e. The van der Waals surface area contributed by atoms with Gasteiger partial charge in [0.25, 0.3) is 0 Å². The largest absolute Gasteiger partial charge is 0.192 e. The number of nitriles is 8. The van der Waals surface area contributed by atoms with Crippen LogP contribution in [0.2, 0.25) is 0 Å². The molecule has 8 nitrogen and oxygen atoms in total. The summed E-state index contributed by atoms with van der Waals surface area (Å²) in [6.45, 7) is 17.2. The van der Waals surface area contributed by atoms with E-state index in [0.717, 1.165) is 86.5 Å². The number of hydrogen-bond donors (Lipinski definition) is 0. The minimum absolute atomic E-state index is 0.174. The Hall–Kier alpha value is -6.16. The van der Waals surface area contributed by atoms with E-state index in [2.05, 4.69) is 47.6 Å². The van der Waals surface area contributed by atoms with Gasteiger partial charge in [0.15, 0.2) is 0 Å². The van der Waals surface area contributed by atoms with Gasteiger partial charge in [-0.25, -0.2) is 0 Å². The van der Waals surface area contributed by atoms with E-state index in [0.29, 0.717) is 23.0 Å². The van der Waals surface area contributed by atoms with Crippen LogP contribution in [-0.4, -0.2) is 0 Å². The van der Waals surface area contributed by atoms with Crippen LogP contribution in [0.25, 0.3) is 0 Å². The predicted octanol–water partition coefficient (Wildman–Crippen LogP) is 12.9. The highest BCUT2D eigenvalue weighted by Crippen LogP contribution is 2.61. The first-order valence-corrected chi connectivity index (χ1v) is 20.5. The third-order valence-corrected chi connectivity index (χ3v) is 11.7. The van der Waals surface area contributed by atoms with Gasteiger partial charge < -0.3 is 0 Å². The van der Waals surface area contributed by atoms with Crippen molar-refractivity contribution >= 4 is 0 Å². The van der Waals surface area contributed by atoms with Gasteiger partial charge in [-0.1, -0.05) is 100 Å². The van der Waals surface area contributed by atoms with E-state index in [-0.39, 0.29) is 22.0 Å². The Morgan fingerprint density at radius 2 is 1.05 bits per heavy atom. The van der Waals surface area contributed by atoms with Crippen molar-refractivity contribution in [1.29, 1.82) is 42.1 Å². The van der Waals surface area contributed by atoms with Crippen molar-refractivity contribution < 1.29 is 0 Å². The van der Waals surface area contributed by atoms with E-state index < -0.39 is 0 Å². The number of hydrogen-bond acceptors (Lipinski definition) is 8. The summed E-state index contributed by atoms with van der Waals surface area (Å²) in [7, 11) is 0. The van der Waals surface area contributed by atoms with E-state index in [4.69, 9.17) is 42.1 Å². The predicted molar refractivity (Wildman–Crippen MR) is 227 cm³/mol. The van der Waals surface area contributed by atoms with Gasteiger partial charge in [-0.05, 0) is 136 Å². The molecule has 0 amide bonds. The van der Waals surface area contributed by atoms with Crippen molar-refractivity contribution in [2.45, 2.75) is 145 Å². The lowest BCUT2D eigenvalue weighted by molar-refractivity contribution is 0.0235. The van der Waals surface area contributed by atoms with Crippen molar-refractivity contribution in [3.05, 3.63) is 91.2 Å². The topological polar surface area (TPSA) is 190 Å². The number of unbranched alkanes of at least 4 members (excludes halogenated alkanes) is 3. The first-order chi connectivity index (χ1) is 27.6. The van der Waals surface area contributed by atoms with Crippen LogP contribution in [0.3, 0.4) is 0 Å². The Morgan fingerprint density at radius 3 is 1.52 bits per heavy atom. The van der Waals surface area contributed by atoms with Crippen LogP contribution in [0, 0.1) is 113 Å². The first-order valence-electron chi connectivity index (χ1n) is 20.5. The van der Waals surface area contributed by atoms with E-state index in [1.54, 1.807) is 0 Å². The summed E-state index contributed by atoms with van der Waals surface area (Å²) in [6, 6.07) is 15.7. The summed E-state index contributed by atoms with van der Waals surface area (Å²) in [5.74, 6) is 1.05. The van der Waals surface area contributed by atoms with E-state index in [1.807, 2.05) is 80.6 Å². The number of rotatable bonds is 5. The zero-order valence-corrected chi connectivity index (χ0v) is 35.9. The quantitative estimate of drug-likeness (QED) is 0.195. The van der Waals surface area contributed by atoms with Crippen LogP contribution >= 0.6 is 0 Å². The summed E-state index contributed by atoms with van der Waals surface area (Å²) in [5, 5.41) is 70.3. The number of nitrogens with zero attached hydrogens (tertiary/aromatic N) is 8. The van der Waals surface area contributed by atoms with Gasteiger partial charge >= 0.3 is 0 Å². The lowest BCUT2D eigenvalue weighted by atomic mass is 9.47. The fourth-order valence-corrected chi connectivity index (χ4v) is 8.74. The molecule has 6 aliphatic carbocycles. The molecule has 0 radical (unpaired) electrons. The van der Waals surface area contributed by atoms with Crippen molar-refractivity contribution in [3.63, 3.8) is 0 Å². The van der Waals surface area contributed by atoms with E-state index in [9.17, 15) is 0 Å². The molecule has 0 heterocycles. The Kier molecular flexibility index (Phi) is 19.2. The molecule has 8 heteroatoms. The van der Waals surface area contributed by atoms with Gasteiger partial charge in [-0.15, -0.1) is 0 Å². The second-order valence-electron chi connectivity index (χ2n) is 17.3. The molecule has 1 saturated carbocycles. The molecule has 0 aliphatic heterocycles. The maximum Gasteiger partial charge on any atom is 0.133 e. The third-order valence-electron chi connectivity index (χ3n) is 11.7. The van der Waals surface area contributed by atoms with Gasteiger partial charge in [0, 0.05) is 0 Å². The summed E-state index contributed by atoms with van der Waals surface area (Å²) < 4.78 is 0. The van der Waals surface area contributed by atoms with Crippen LogP contribution in [0.15, 0.2) is 91.2 Å². The Morgan fingerprint density at radius 1 is 0.552 bits per heavy atom. The molecule has 0 N–H and O–H groups in total. The fourth-order valence-electron chi connectivity index (χ4n) is 8.74. The molecular formula is C50H58N8. The van der Waals surface area contributed by atoms with Gasteiger partial charge in [-0.3, -0.25) is 0 Å². The highest BCUT2D eigenvalue weighted by Gasteiger charge is 2.53. The van der Waals surface area contributed by atoms with Gasteiger partial charge in [0.05, 0.1) is 0 Å². The molecule has 2 bridgehead atoms. The normalized spacial score (nSPS) is 20.2. The standard InChI is InChI=1S/C15H20N2.C13H14N2.C12H14N2.C10H10N2/c1-2-3-4-5-7-13-8-6-9-14(10-13)15(11-16)12-17;1-8-4-10(9(6-14)7-15)12-5-11(8)13(12,2)3;1-9-4-10(11(7-13)8-14)6-12(2,3)5-9;1-8-3-2-4-9(5-8)10(6-11)7-12/h10H,2-9H2,1H3;4,11-12H,5H2,1-3H3;4H,5-6H2,1-3H3;5H,2-4H2,1H3. The van der Waals surface area contributed by atoms with E-state index in [1.165, 1.54) is 48.0 Å². The van der Waals surface area contributed by atoms with Crippen LogP contribution in [-0.2, 0) is 0 Å². The second-order valence-corrected chi connectivity index (χ2v) is 17.3. The molecule has 0 spiro atoms. The molecule has 0 saturated heterocycles. The van der Waals surface area contributed by atoms with Crippen molar-refractivity contribution in [2.75, 3.05) is 0 Å². The molecule has 58 heavy (non-hydrogen) atoms. The number of fused-ring (bicyclic) bond motifs is 1. The Labute approximate surface area is 348 Å². The average molecular weight is 771 g/mol. The molecule has 1 fully saturated rings. The van der Waals surface area contributed by atoms with Crippen molar-refractivity contribution in [3.8, 4) is 48.6 Å². The number of allylic oxidation sites excluding steroid dienone is 16. The monoisotopic (exact) mass is 770 g/mol. The lowest BCUT2D eigenvalue weighted by Gasteiger charge is -2.56. The summed E-state index contributed by atoms with van der Waals surface area (Å²) in [5.41, 5.74) is 10.5. The molecule has 0 aromatic heterocycles. The zero-order valence-electron chi connectivity index (χ0n) is 35.9. The Bertz CT molecular complexity index is 2100. The minimum Gasteiger partial charge on any atom is -0.192 e. The van der Waals surface area contributed by atoms with Crippen LogP contribution in [0.4, 0.5) is 0 Å². The molecule has 2 atom stereocenters. The average Bonchev–Trinajstić information content (AvgIpc) is 3.18. The van der Waals surface area contributed by atoms with Crippen LogP contribution < -0.4 is 0 Å². The SMILES string of the molecule is CC1=CC(=C(C#N)C#N)C2CC1C2(C)C.CC1=CC(=C(C#N)C#N)CC(C)(C)C1.CC1=CC(=C(C#N)C#N)CCC1.CCCCCCC1=CC(=C(C#N)C#N)CCC1. The first kappa shape index (κ1) is 48.0. The van der Waals surface area contributed by atoms with Gasteiger partial charge in [0.1, 0.15) is 70.8 Å². The van der Waals surface area contributed by atoms with E-state index >= 15 is 0 Å². The fraction of sp³-hybridized carbons (Fsp3) is 0.520. The van der Waals surface area contributed by atoms with Gasteiger partial charge in [-0.2, -0.15) is 42.1 Å². The molecule has 6 rings (SSSR count). The Balaban J connectivity index is 0.000000269. The molecule has 2 unspecified atom stereocenters. The lowest BCUT2D eigenvalue weighted by Crippen LogP contribution is -2.49. The maximum absolute atomic E-state index is 8.91. The van der Waals surface area contributed by atoms with Gasteiger partial charge in [0.2, 0.25) is 0 Å². The molecule has 0 aromatic carbocycles. The van der Waals surface area contributed by atoms with Crippen LogP contribution in [0.5, 0.6) is 0 Å². The highest BCUT2D eigenvalue weighted by atomic mass is 14.6. The molecule has 6 aliphatic rings. The third kappa shape index (κ3) is 13.5. The maximum atomic E-state index is 8.91. The van der Waals surface area contributed by atoms with Crippen molar-refractivity contribution in [1.82, 2.24) is 0 Å².